The van der Waals surface area contributed by atoms with Crippen molar-refractivity contribution in [3.8, 4) is 5.75 Å². The van der Waals surface area contributed by atoms with Gasteiger partial charge < -0.3 is 14.4 Å². The number of sulfonamides is 1. The lowest BCUT2D eigenvalue weighted by Crippen LogP contribution is -2.43. The van der Waals surface area contributed by atoms with E-state index in [2.05, 4.69) is 0 Å². The molecule has 9 heteroatoms. The first-order chi connectivity index (χ1) is 14.6. The van der Waals surface area contributed by atoms with Crippen molar-refractivity contribution in [2.45, 2.75) is 69.9 Å². The Morgan fingerprint density at radius 1 is 1.06 bits per heavy atom. The summed E-state index contributed by atoms with van der Waals surface area (Å²) >= 11 is 5.97. The van der Waals surface area contributed by atoms with Gasteiger partial charge in [0.25, 0.3) is 6.29 Å². The van der Waals surface area contributed by atoms with Gasteiger partial charge in [0, 0.05) is 37.5 Å². The fraction of sp³-hybridized carbons (Fsp3) is 0.682. The van der Waals surface area contributed by atoms with Gasteiger partial charge >= 0.3 is 6.09 Å². The number of hydrogen-bond donors (Lipinski definition) is 0. The van der Waals surface area contributed by atoms with E-state index < -0.39 is 27.8 Å². The number of halogens is 1. The number of rotatable bonds is 6. The SMILES string of the molecule is CC(C)(C)C(OC(=O)N1CCCCC1)Oc1ccc(CCl)cc1S(=O)(=O)N1CCCC1. The van der Waals surface area contributed by atoms with Gasteiger partial charge in [-0.05, 0) is 49.8 Å². The lowest BCUT2D eigenvalue weighted by Gasteiger charge is -2.34. The van der Waals surface area contributed by atoms with Gasteiger partial charge in [-0.1, -0.05) is 26.8 Å². The van der Waals surface area contributed by atoms with Crippen LogP contribution in [0.25, 0.3) is 0 Å². The lowest BCUT2D eigenvalue weighted by atomic mass is 9.96. The molecule has 7 nitrogen and oxygen atoms in total. The van der Waals surface area contributed by atoms with Crippen molar-refractivity contribution in [2.75, 3.05) is 26.2 Å². The van der Waals surface area contributed by atoms with Gasteiger partial charge in [-0.2, -0.15) is 4.31 Å². The summed E-state index contributed by atoms with van der Waals surface area (Å²) in [5.41, 5.74) is 0.120. The molecule has 1 atom stereocenters. The number of carbonyl (C=O) groups is 1. The number of likely N-dealkylation sites (tertiary alicyclic amines) is 1. The Balaban J connectivity index is 1.89. The molecular formula is C22H33ClN2O5S. The third-order valence-corrected chi connectivity index (χ3v) is 7.84. The molecule has 1 unspecified atom stereocenters. The van der Waals surface area contributed by atoms with E-state index in [-0.39, 0.29) is 16.5 Å². The summed E-state index contributed by atoms with van der Waals surface area (Å²) in [5, 5.41) is 0. The van der Waals surface area contributed by atoms with Crippen LogP contribution in [0.3, 0.4) is 0 Å². The zero-order valence-corrected chi connectivity index (χ0v) is 20.2. The number of piperidine rings is 1. The number of carbonyl (C=O) groups excluding carboxylic acids is 1. The van der Waals surface area contributed by atoms with Crippen LogP contribution >= 0.6 is 11.6 Å². The smallest absolute Gasteiger partial charge is 0.412 e. The van der Waals surface area contributed by atoms with Gasteiger partial charge in [0.05, 0.1) is 0 Å². The van der Waals surface area contributed by atoms with Gasteiger partial charge in [0.2, 0.25) is 10.0 Å². The molecule has 0 saturated carbocycles. The summed E-state index contributed by atoms with van der Waals surface area (Å²) in [7, 11) is -3.74. The summed E-state index contributed by atoms with van der Waals surface area (Å²) in [6.07, 6.45) is 3.30. The number of nitrogens with zero attached hydrogens (tertiary/aromatic N) is 2. The maximum absolute atomic E-state index is 13.3. The van der Waals surface area contributed by atoms with Crippen LogP contribution in [0.2, 0.25) is 0 Å². The predicted octanol–water partition coefficient (Wildman–Crippen LogP) is 4.58. The molecule has 2 aliphatic heterocycles. The quantitative estimate of drug-likeness (QED) is 0.447. The van der Waals surface area contributed by atoms with E-state index in [0.717, 1.165) is 32.1 Å². The average Bonchev–Trinajstić information content (AvgIpc) is 3.29. The first-order valence-electron chi connectivity index (χ1n) is 10.9. The van der Waals surface area contributed by atoms with Crippen LogP contribution in [0.5, 0.6) is 5.75 Å². The van der Waals surface area contributed by atoms with Crippen molar-refractivity contribution >= 4 is 27.7 Å². The van der Waals surface area contributed by atoms with E-state index in [1.165, 1.54) is 4.31 Å². The highest BCUT2D eigenvalue weighted by Crippen LogP contribution is 2.34. The van der Waals surface area contributed by atoms with Crippen LogP contribution < -0.4 is 4.74 Å². The molecule has 0 aromatic heterocycles. The van der Waals surface area contributed by atoms with Crippen LogP contribution in [0.1, 0.15) is 58.4 Å². The molecule has 0 radical (unpaired) electrons. The molecule has 31 heavy (non-hydrogen) atoms. The van der Waals surface area contributed by atoms with Crippen LogP contribution in [0, 0.1) is 5.41 Å². The van der Waals surface area contributed by atoms with E-state index >= 15 is 0 Å². The number of amides is 1. The van der Waals surface area contributed by atoms with Crippen molar-refractivity contribution in [1.82, 2.24) is 9.21 Å². The van der Waals surface area contributed by atoms with Crippen molar-refractivity contribution in [3.63, 3.8) is 0 Å². The summed E-state index contributed by atoms with van der Waals surface area (Å²) in [5.74, 6) is 0.363. The minimum Gasteiger partial charge on any atom is -0.453 e. The molecule has 1 aromatic carbocycles. The summed E-state index contributed by atoms with van der Waals surface area (Å²) < 4.78 is 39.9. The Bertz CT molecular complexity index is 872. The molecule has 174 valence electrons. The fourth-order valence-electron chi connectivity index (χ4n) is 3.74. The van der Waals surface area contributed by atoms with Crippen molar-refractivity contribution in [3.05, 3.63) is 23.8 Å². The number of benzene rings is 1. The predicted molar refractivity (Wildman–Crippen MR) is 120 cm³/mol. The second kappa shape index (κ2) is 9.96. The molecule has 0 spiro atoms. The second-order valence-corrected chi connectivity index (χ2v) is 11.4. The Hall–Kier alpha value is -1.51. The lowest BCUT2D eigenvalue weighted by molar-refractivity contribution is -0.110. The van der Waals surface area contributed by atoms with Gasteiger partial charge in [-0.3, -0.25) is 0 Å². The highest BCUT2D eigenvalue weighted by molar-refractivity contribution is 7.89. The van der Waals surface area contributed by atoms with Crippen LogP contribution in [0.4, 0.5) is 4.79 Å². The van der Waals surface area contributed by atoms with Gasteiger partial charge in [0.1, 0.15) is 10.6 Å². The second-order valence-electron chi connectivity index (χ2n) is 9.27. The first-order valence-corrected chi connectivity index (χ1v) is 12.9. The minimum absolute atomic E-state index is 0.0656. The number of hydrogen-bond acceptors (Lipinski definition) is 5. The molecule has 3 rings (SSSR count). The highest BCUT2D eigenvalue weighted by atomic mass is 35.5. The Labute approximate surface area is 190 Å². The zero-order chi connectivity index (χ0) is 22.6. The van der Waals surface area contributed by atoms with Crippen LogP contribution in [0.15, 0.2) is 23.1 Å². The van der Waals surface area contributed by atoms with Gasteiger partial charge in [0.15, 0.2) is 0 Å². The van der Waals surface area contributed by atoms with Crippen LogP contribution in [-0.2, 0) is 20.6 Å². The van der Waals surface area contributed by atoms with Gasteiger partial charge in [-0.15, -0.1) is 11.6 Å². The van der Waals surface area contributed by atoms with E-state index in [4.69, 9.17) is 21.1 Å². The van der Waals surface area contributed by atoms with E-state index in [9.17, 15) is 13.2 Å². The molecule has 0 bridgehead atoms. The molecule has 2 heterocycles. The normalized spacial score (nSPS) is 19.3. The molecule has 2 saturated heterocycles. The van der Waals surface area contributed by atoms with Crippen molar-refractivity contribution in [2.24, 2.45) is 5.41 Å². The average molecular weight is 473 g/mol. The zero-order valence-electron chi connectivity index (χ0n) is 18.6. The monoisotopic (exact) mass is 472 g/mol. The molecule has 0 aliphatic carbocycles. The largest absolute Gasteiger partial charge is 0.453 e. The standard InChI is InChI=1S/C22H33ClN2O5S/c1-22(2,3)20(30-21(26)24-11-5-4-6-12-24)29-18-10-9-17(16-23)15-19(18)31(27,28)25-13-7-8-14-25/h9-10,15,20H,4-8,11-14,16H2,1-3H3. The van der Waals surface area contributed by atoms with E-state index in [1.54, 1.807) is 23.1 Å². The molecule has 2 fully saturated rings. The molecule has 1 aromatic rings. The highest BCUT2D eigenvalue weighted by Gasteiger charge is 2.36. The number of ether oxygens (including phenoxy) is 2. The van der Waals surface area contributed by atoms with E-state index in [0.29, 0.717) is 31.7 Å². The molecule has 2 aliphatic rings. The van der Waals surface area contributed by atoms with E-state index in [1.807, 2.05) is 20.8 Å². The third-order valence-electron chi connectivity index (χ3n) is 5.61. The summed E-state index contributed by atoms with van der Waals surface area (Å²) in [4.78, 5) is 14.5. The molecular weight excluding hydrogens is 440 g/mol. The van der Waals surface area contributed by atoms with Crippen molar-refractivity contribution < 1.29 is 22.7 Å². The molecule has 0 N–H and O–H groups in total. The first kappa shape index (κ1) is 24.1. The summed E-state index contributed by atoms with van der Waals surface area (Å²) in [6.45, 7) is 7.97. The Morgan fingerprint density at radius 2 is 1.68 bits per heavy atom. The topological polar surface area (TPSA) is 76.1 Å². The summed E-state index contributed by atoms with van der Waals surface area (Å²) in [6, 6.07) is 4.90. The van der Waals surface area contributed by atoms with Crippen LogP contribution in [-0.4, -0.2) is 56.2 Å². The van der Waals surface area contributed by atoms with Crippen molar-refractivity contribution in [1.29, 1.82) is 0 Å². The Kier molecular flexibility index (Phi) is 7.76. The third kappa shape index (κ3) is 5.84. The maximum atomic E-state index is 13.3. The Morgan fingerprint density at radius 3 is 2.26 bits per heavy atom. The fourth-order valence-corrected chi connectivity index (χ4v) is 5.59. The maximum Gasteiger partial charge on any atom is 0.412 e. The van der Waals surface area contributed by atoms with Gasteiger partial charge in [-0.25, -0.2) is 13.2 Å². The molecule has 1 amide bonds. The minimum atomic E-state index is -3.74. The number of alkyl halides is 1.